The van der Waals surface area contributed by atoms with Gasteiger partial charge in [-0.25, -0.2) is 9.50 Å². The number of piperazine rings is 1. The highest BCUT2D eigenvalue weighted by Gasteiger charge is 2.19. The van der Waals surface area contributed by atoms with Gasteiger partial charge in [0.1, 0.15) is 5.82 Å². The number of H-pyrrole nitrogens is 1. The minimum absolute atomic E-state index is 0.0184. The molecule has 0 spiro atoms. The van der Waals surface area contributed by atoms with E-state index >= 15 is 0 Å². The monoisotopic (exact) mass is 403 g/mol. The molecule has 0 bridgehead atoms. The first kappa shape index (κ1) is 18.7. The SMILES string of the molecule is CCc1cc2ncc(CN3CCN(c4ccc5nc(C)cn5n4)CC3)cc2[nH]c1=O. The smallest absolute Gasteiger partial charge is 0.251 e. The molecule has 154 valence electrons. The minimum atomic E-state index is -0.0184. The zero-order valence-corrected chi connectivity index (χ0v) is 17.3. The van der Waals surface area contributed by atoms with Crippen LogP contribution in [0, 0.1) is 6.92 Å². The zero-order valence-electron chi connectivity index (χ0n) is 17.3. The second-order valence-electron chi connectivity index (χ2n) is 7.89. The summed E-state index contributed by atoms with van der Waals surface area (Å²) < 4.78 is 1.85. The molecule has 0 aromatic carbocycles. The molecule has 0 amide bonds. The van der Waals surface area contributed by atoms with Gasteiger partial charge in [-0.05, 0) is 43.2 Å². The van der Waals surface area contributed by atoms with Crippen molar-refractivity contribution in [3.05, 3.63) is 63.8 Å². The number of hydrogen-bond donors (Lipinski definition) is 1. The summed E-state index contributed by atoms with van der Waals surface area (Å²) in [6.45, 7) is 8.52. The van der Waals surface area contributed by atoms with Gasteiger partial charge in [0.25, 0.3) is 5.56 Å². The molecule has 1 aliphatic rings. The van der Waals surface area contributed by atoms with E-state index in [1.165, 1.54) is 0 Å². The maximum Gasteiger partial charge on any atom is 0.251 e. The number of aryl methyl sites for hydroxylation is 2. The summed E-state index contributed by atoms with van der Waals surface area (Å²) in [7, 11) is 0. The van der Waals surface area contributed by atoms with E-state index < -0.39 is 0 Å². The Kier molecular flexibility index (Phi) is 4.71. The number of aromatic amines is 1. The molecule has 8 heteroatoms. The molecule has 4 aromatic rings. The Hall–Kier alpha value is -3.26. The lowest BCUT2D eigenvalue weighted by Crippen LogP contribution is -2.46. The zero-order chi connectivity index (χ0) is 20.7. The fourth-order valence-corrected chi connectivity index (χ4v) is 4.07. The van der Waals surface area contributed by atoms with E-state index in [2.05, 4.69) is 24.8 Å². The number of pyridine rings is 2. The van der Waals surface area contributed by atoms with E-state index in [-0.39, 0.29) is 5.56 Å². The van der Waals surface area contributed by atoms with Crippen LogP contribution in [0.15, 0.2) is 41.5 Å². The van der Waals surface area contributed by atoms with Crippen molar-refractivity contribution in [1.82, 2.24) is 29.5 Å². The number of aromatic nitrogens is 5. The number of nitrogens with one attached hydrogen (secondary N) is 1. The largest absolute Gasteiger partial charge is 0.353 e. The summed E-state index contributed by atoms with van der Waals surface area (Å²) in [5.41, 5.74) is 5.37. The second kappa shape index (κ2) is 7.53. The lowest BCUT2D eigenvalue weighted by molar-refractivity contribution is 0.249. The van der Waals surface area contributed by atoms with E-state index in [9.17, 15) is 4.79 Å². The first-order valence-electron chi connectivity index (χ1n) is 10.4. The average Bonchev–Trinajstić information content (AvgIpc) is 3.13. The van der Waals surface area contributed by atoms with E-state index in [1.807, 2.05) is 55.0 Å². The summed E-state index contributed by atoms with van der Waals surface area (Å²) in [6, 6.07) is 8.01. The molecule has 1 aliphatic heterocycles. The summed E-state index contributed by atoms with van der Waals surface area (Å²) in [4.78, 5) is 28.8. The van der Waals surface area contributed by atoms with Crippen molar-refractivity contribution in [3.63, 3.8) is 0 Å². The lowest BCUT2D eigenvalue weighted by atomic mass is 10.1. The molecule has 5 heterocycles. The second-order valence-corrected chi connectivity index (χ2v) is 7.89. The third-order valence-corrected chi connectivity index (χ3v) is 5.74. The Morgan fingerprint density at radius 1 is 1.13 bits per heavy atom. The van der Waals surface area contributed by atoms with Crippen molar-refractivity contribution >= 4 is 22.5 Å². The number of imidazole rings is 1. The Morgan fingerprint density at radius 3 is 2.77 bits per heavy atom. The number of anilines is 1. The van der Waals surface area contributed by atoms with Crippen LogP contribution >= 0.6 is 0 Å². The summed E-state index contributed by atoms with van der Waals surface area (Å²) >= 11 is 0. The molecule has 0 aliphatic carbocycles. The molecule has 1 fully saturated rings. The van der Waals surface area contributed by atoms with Crippen LogP contribution in [0.3, 0.4) is 0 Å². The fourth-order valence-electron chi connectivity index (χ4n) is 4.07. The van der Waals surface area contributed by atoms with Gasteiger partial charge >= 0.3 is 0 Å². The van der Waals surface area contributed by atoms with E-state index in [0.29, 0.717) is 6.42 Å². The van der Waals surface area contributed by atoms with Crippen molar-refractivity contribution in [2.45, 2.75) is 26.8 Å². The first-order chi connectivity index (χ1) is 14.6. The van der Waals surface area contributed by atoms with Crippen molar-refractivity contribution in [2.75, 3.05) is 31.1 Å². The van der Waals surface area contributed by atoms with Crippen LogP contribution in [0.25, 0.3) is 16.7 Å². The van der Waals surface area contributed by atoms with Crippen LogP contribution in [0.4, 0.5) is 5.82 Å². The van der Waals surface area contributed by atoms with Crippen LogP contribution in [0.1, 0.15) is 23.7 Å². The van der Waals surface area contributed by atoms with Gasteiger partial charge in [-0.1, -0.05) is 6.92 Å². The Morgan fingerprint density at radius 2 is 1.97 bits per heavy atom. The molecule has 4 aromatic heterocycles. The Labute approximate surface area is 174 Å². The fraction of sp³-hybridized carbons (Fsp3) is 0.364. The Balaban J connectivity index is 1.26. The van der Waals surface area contributed by atoms with Gasteiger partial charge < -0.3 is 9.88 Å². The predicted octanol–water partition coefficient (Wildman–Crippen LogP) is 2.16. The van der Waals surface area contributed by atoms with Gasteiger partial charge in [-0.2, -0.15) is 0 Å². The van der Waals surface area contributed by atoms with Gasteiger partial charge in [0, 0.05) is 44.5 Å². The molecule has 0 radical (unpaired) electrons. The van der Waals surface area contributed by atoms with Crippen LogP contribution in [0.2, 0.25) is 0 Å². The summed E-state index contributed by atoms with van der Waals surface area (Å²) in [6.07, 6.45) is 4.58. The molecule has 0 saturated carbocycles. The van der Waals surface area contributed by atoms with Crippen molar-refractivity contribution in [1.29, 1.82) is 0 Å². The maximum absolute atomic E-state index is 12.1. The van der Waals surface area contributed by atoms with Gasteiger partial charge in [-0.15, -0.1) is 5.10 Å². The molecular weight excluding hydrogens is 378 g/mol. The maximum atomic E-state index is 12.1. The van der Waals surface area contributed by atoms with Crippen LogP contribution in [-0.4, -0.2) is 55.6 Å². The summed E-state index contributed by atoms with van der Waals surface area (Å²) in [5, 5.41) is 4.70. The van der Waals surface area contributed by atoms with Crippen molar-refractivity contribution < 1.29 is 0 Å². The van der Waals surface area contributed by atoms with Gasteiger partial charge in [0.05, 0.1) is 22.9 Å². The highest BCUT2D eigenvalue weighted by Crippen LogP contribution is 2.17. The van der Waals surface area contributed by atoms with Crippen molar-refractivity contribution in [2.24, 2.45) is 0 Å². The normalized spacial score (nSPS) is 15.3. The molecule has 5 rings (SSSR count). The third kappa shape index (κ3) is 3.54. The highest BCUT2D eigenvalue weighted by atomic mass is 16.1. The number of rotatable bonds is 4. The minimum Gasteiger partial charge on any atom is -0.353 e. The lowest BCUT2D eigenvalue weighted by Gasteiger charge is -2.35. The molecule has 1 saturated heterocycles. The Bertz CT molecular complexity index is 1270. The number of fused-ring (bicyclic) bond motifs is 2. The topological polar surface area (TPSA) is 82.4 Å². The molecule has 30 heavy (non-hydrogen) atoms. The third-order valence-electron chi connectivity index (χ3n) is 5.74. The first-order valence-corrected chi connectivity index (χ1v) is 10.4. The molecular formula is C22H25N7O. The van der Waals surface area contributed by atoms with Crippen molar-refractivity contribution in [3.8, 4) is 0 Å². The standard InChI is InChI=1S/C22H25N7O/c1-3-17-11-18-19(25-22(17)30)10-16(12-23-18)14-27-6-8-28(9-7-27)21-5-4-20-24-15(2)13-29(20)26-21/h4-5,10-13H,3,6-9,14H2,1-2H3,(H,25,30). The average molecular weight is 403 g/mol. The highest BCUT2D eigenvalue weighted by molar-refractivity contribution is 5.74. The van der Waals surface area contributed by atoms with Gasteiger partial charge in [0.2, 0.25) is 0 Å². The van der Waals surface area contributed by atoms with Crippen LogP contribution in [0.5, 0.6) is 0 Å². The number of hydrogen-bond acceptors (Lipinski definition) is 6. The van der Waals surface area contributed by atoms with Gasteiger partial charge in [0.15, 0.2) is 5.65 Å². The van der Waals surface area contributed by atoms with Gasteiger partial charge in [-0.3, -0.25) is 14.7 Å². The van der Waals surface area contributed by atoms with Crippen LogP contribution < -0.4 is 10.5 Å². The van der Waals surface area contributed by atoms with E-state index in [1.54, 1.807) is 0 Å². The molecule has 0 unspecified atom stereocenters. The molecule has 1 N–H and O–H groups in total. The number of nitrogens with zero attached hydrogens (tertiary/aromatic N) is 6. The van der Waals surface area contributed by atoms with E-state index in [4.69, 9.17) is 5.10 Å². The predicted molar refractivity (Wildman–Crippen MR) is 117 cm³/mol. The van der Waals surface area contributed by atoms with Crippen LogP contribution in [-0.2, 0) is 13.0 Å². The quantitative estimate of drug-likeness (QED) is 0.562. The molecule has 8 nitrogen and oxygen atoms in total. The van der Waals surface area contributed by atoms with E-state index in [0.717, 1.165) is 72.0 Å². The molecule has 0 atom stereocenters. The summed E-state index contributed by atoms with van der Waals surface area (Å²) in [5.74, 6) is 0.983.